The average molecular weight is 383 g/mol. The van der Waals surface area contributed by atoms with Gasteiger partial charge in [0.05, 0.1) is 17.1 Å². The SMILES string of the molecule is Cc1ccc2c(oc3ncccc32)c1N1c2ccccc2N(C2CCCC2)[C@@H]1C. The standard InChI is InChI=1S/C25H25N3O/c1-16-13-14-19-20-10-7-15-26-25(20)29-24(19)23(16)28-17(2)27(18-8-3-4-9-18)21-11-5-6-12-22(21)28/h5-7,10-15,17-18H,3-4,8-9H2,1-2H3/t17-/m0/s1. The van der Waals surface area contributed by atoms with Crippen molar-refractivity contribution in [2.24, 2.45) is 0 Å². The van der Waals surface area contributed by atoms with Crippen LogP contribution in [-0.2, 0) is 0 Å². The Labute approximate surface area is 170 Å². The van der Waals surface area contributed by atoms with E-state index in [1.165, 1.54) is 48.3 Å². The Kier molecular flexibility index (Phi) is 3.64. The van der Waals surface area contributed by atoms with Crippen LogP contribution in [0.4, 0.5) is 17.1 Å². The van der Waals surface area contributed by atoms with Gasteiger partial charge in [0.25, 0.3) is 0 Å². The molecule has 2 aromatic heterocycles. The topological polar surface area (TPSA) is 32.5 Å². The van der Waals surface area contributed by atoms with E-state index in [1.54, 1.807) is 6.20 Å². The van der Waals surface area contributed by atoms with Crippen LogP contribution in [0.2, 0.25) is 0 Å². The molecule has 1 saturated carbocycles. The fourth-order valence-electron chi connectivity index (χ4n) is 5.46. The monoisotopic (exact) mass is 383 g/mol. The van der Waals surface area contributed by atoms with E-state index in [-0.39, 0.29) is 6.17 Å². The number of pyridine rings is 1. The van der Waals surface area contributed by atoms with E-state index in [0.29, 0.717) is 11.8 Å². The number of rotatable bonds is 2. The number of fused-ring (bicyclic) bond motifs is 4. The van der Waals surface area contributed by atoms with Gasteiger partial charge in [-0.25, -0.2) is 4.98 Å². The quantitative estimate of drug-likeness (QED) is 0.394. The van der Waals surface area contributed by atoms with E-state index >= 15 is 0 Å². The molecular weight excluding hydrogens is 358 g/mol. The summed E-state index contributed by atoms with van der Waals surface area (Å²) in [5.74, 6) is 0. The zero-order chi connectivity index (χ0) is 19.5. The highest BCUT2D eigenvalue weighted by Crippen LogP contribution is 2.50. The molecule has 1 atom stereocenters. The molecule has 29 heavy (non-hydrogen) atoms. The summed E-state index contributed by atoms with van der Waals surface area (Å²) < 4.78 is 6.33. The summed E-state index contributed by atoms with van der Waals surface area (Å²) in [6.45, 7) is 4.51. The summed E-state index contributed by atoms with van der Waals surface area (Å²) >= 11 is 0. The van der Waals surface area contributed by atoms with Crippen LogP contribution in [0.25, 0.3) is 22.1 Å². The molecule has 6 rings (SSSR count). The van der Waals surface area contributed by atoms with Crippen molar-refractivity contribution in [3.63, 3.8) is 0 Å². The molecular formula is C25H25N3O. The smallest absolute Gasteiger partial charge is 0.227 e. The number of aromatic nitrogens is 1. The summed E-state index contributed by atoms with van der Waals surface area (Å²) in [6, 6.07) is 17.9. The lowest BCUT2D eigenvalue weighted by atomic mass is 10.1. The van der Waals surface area contributed by atoms with Gasteiger partial charge in [-0.3, -0.25) is 0 Å². The van der Waals surface area contributed by atoms with Crippen molar-refractivity contribution in [2.45, 2.75) is 51.7 Å². The van der Waals surface area contributed by atoms with Gasteiger partial charge in [-0.05, 0) is 56.5 Å². The fraction of sp³-hybridized carbons (Fsp3) is 0.320. The van der Waals surface area contributed by atoms with E-state index in [1.807, 2.05) is 6.07 Å². The van der Waals surface area contributed by atoms with Crippen LogP contribution in [0.3, 0.4) is 0 Å². The van der Waals surface area contributed by atoms with E-state index in [9.17, 15) is 0 Å². The van der Waals surface area contributed by atoms with Crippen molar-refractivity contribution >= 4 is 39.1 Å². The van der Waals surface area contributed by atoms with Crippen LogP contribution < -0.4 is 9.80 Å². The number of anilines is 3. The number of aryl methyl sites for hydroxylation is 1. The van der Waals surface area contributed by atoms with Crippen LogP contribution in [0.5, 0.6) is 0 Å². The molecule has 0 bridgehead atoms. The third-order valence-electron chi connectivity index (χ3n) is 6.75. The first-order valence-corrected chi connectivity index (χ1v) is 10.7. The second-order valence-electron chi connectivity index (χ2n) is 8.40. The van der Waals surface area contributed by atoms with E-state index in [0.717, 1.165) is 16.4 Å². The Balaban J connectivity index is 1.60. The number of para-hydroxylation sites is 2. The Morgan fingerprint density at radius 2 is 1.72 bits per heavy atom. The van der Waals surface area contributed by atoms with Gasteiger partial charge >= 0.3 is 0 Å². The molecule has 1 aliphatic carbocycles. The normalized spacial score (nSPS) is 19.6. The van der Waals surface area contributed by atoms with Crippen LogP contribution >= 0.6 is 0 Å². The summed E-state index contributed by atoms with van der Waals surface area (Å²) in [5, 5.41) is 2.22. The predicted molar refractivity (Wildman–Crippen MR) is 119 cm³/mol. The third kappa shape index (κ3) is 2.35. The molecule has 0 spiro atoms. The molecule has 4 aromatic rings. The predicted octanol–water partition coefficient (Wildman–Crippen LogP) is 6.54. The van der Waals surface area contributed by atoms with Gasteiger partial charge in [0.2, 0.25) is 5.71 Å². The molecule has 146 valence electrons. The molecule has 1 fully saturated rings. The van der Waals surface area contributed by atoms with E-state index < -0.39 is 0 Å². The molecule has 0 saturated heterocycles. The molecule has 0 unspecified atom stereocenters. The summed E-state index contributed by atoms with van der Waals surface area (Å²) in [5.41, 5.74) is 6.66. The summed E-state index contributed by atoms with van der Waals surface area (Å²) in [6.07, 6.45) is 7.28. The molecule has 2 aromatic carbocycles. The van der Waals surface area contributed by atoms with Gasteiger partial charge < -0.3 is 14.2 Å². The largest absolute Gasteiger partial charge is 0.435 e. The first-order valence-electron chi connectivity index (χ1n) is 10.7. The number of benzene rings is 2. The number of hydrogen-bond acceptors (Lipinski definition) is 4. The molecule has 2 aliphatic rings. The minimum atomic E-state index is 0.251. The highest BCUT2D eigenvalue weighted by molar-refractivity contribution is 6.09. The van der Waals surface area contributed by atoms with Gasteiger partial charge in [0, 0.05) is 23.0 Å². The molecule has 0 radical (unpaired) electrons. The Hall–Kier alpha value is -3.01. The highest BCUT2D eigenvalue weighted by Gasteiger charge is 2.40. The van der Waals surface area contributed by atoms with E-state index in [4.69, 9.17) is 4.42 Å². The van der Waals surface area contributed by atoms with Gasteiger partial charge in [0.15, 0.2) is 5.58 Å². The molecule has 4 nitrogen and oxygen atoms in total. The van der Waals surface area contributed by atoms with Gasteiger partial charge in [-0.2, -0.15) is 0 Å². The second-order valence-corrected chi connectivity index (χ2v) is 8.40. The van der Waals surface area contributed by atoms with Crippen LogP contribution in [0.15, 0.2) is 59.1 Å². The summed E-state index contributed by atoms with van der Waals surface area (Å²) in [7, 11) is 0. The lowest BCUT2D eigenvalue weighted by Crippen LogP contribution is -2.44. The molecule has 1 aliphatic heterocycles. The lowest BCUT2D eigenvalue weighted by molar-refractivity contribution is 0.553. The Morgan fingerprint density at radius 3 is 2.55 bits per heavy atom. The van der Waals surface area contributed by atoms with Gasteiger partial charge in [-0.15, -0.1) is 0 Å². The van der Waals surface area contributed by atoms with Crippen molar-refractivity contribution < 1.29 is 4.42 Å². The van der Waals surface area contributed by atoms with Crippen molar-refractivity contribution in [1.82, 2.24) is 4.98 Å². The first kappa shape index (κ1) is 16.9. The van der Waals surface area contributed by atoms with Gasteiger partial charge in [0.1, 0.15) is 6.17 Å². The van der Waals surface area contributed by atoms with Crippen molar-refractivity contribution in [3.05, 3.63) is 60.3 Å². The van der Waals surface area contributed by atoms with Crippen LogP contribution in [0, 0.1) is 6.92 Å². The number of nitrogens with zero attached hydrogens (tertiary/aromatic N) is 3. The van der Waals surface area contributed by atoms with E-state index in [2.05, 4.69) is 71.1 Å². The maximum Gasteiger partial charge on any atom is 0.227 e. The summed E-state index contributed by atoms with van der Waals surface area (Å²) in [4.78, 5) is 9.58. The fourth-order valence-corrected chi connectivity index (χ4v) is 5.46. The average Bonchev–Trinajstić information content (AvgIpc) is 3.44. The van der Waals surface area contributed by atoms with Crippen molar-refractivity contribution in [2.75, 3.05) is 9.80 Å². The third-order valence-corrected chi connectivity index (χ3v) is 6.75. The maximum absolute atomic E-state index is 6.33. The minimum absolute atomic E-state index is 0.251. The Morgan fingerprint density at radius 1 is 0.931 bits per heavy atom. The first-order chi connectivity index (χ1) is 14.2. The van der Waals surface area contributed by atoms with Crippen molar-refractivity contribution in [1.29, 1.82) is 0 Å². The van der Waals surface area contributed by atoms with Crippen molar-refractivity contribution in [3.8, 4) is 0 Å². The lowest BCUT2D eigenvalue weighted by Gasteiger charge is -2.35. The molecule has 4 heteroatoms. The van der Waals surface area contributed by atoms with Crippen LogP contribution in [0.1, 0.15) is 38.2 Å². The molecule has 0 N–H and O–H groups in total. The Bertz CT molecular complexity index is 1220. The maximum atomic E-state index is 6.33. The zero-order valence-corrected chi connectivity index (χ0v) is 16.9. The molecule has 3 heterocycles. The number of furan rings is 1. The zero-order valence-electron chi connectivity index (χ0n) is 16.9. The van der Waals surface area contributed by atoms with Crippen LogP contribution in [-0.4, -0.2) is 17.2 Å². The minimum Gasteiger partial charge on any atom is -0.435 e. The molecule has 0 amide bonds. The second kappa shape index (κ2) is 6.24. The van der Waals surface area contributed by atoms with Gasteiger partial charge in [-0.1, -0.05) is 37.1 Å². The highest BCUT2D eigenvalue weighted by atomic mass is 16.3. The number of hydrogen-bond donors (Lipinski definition) is 0.